The molecule has 0 bridgehead atoms. The number of ether oxygens (including phenoxy) is 1. The molecule has 1 N–H and O–H groups in total. The van der Waals surface area contributed by atoms with Crippen molar-refractivity contribution in [3.63, 3.8) is 0 Å². The Hall–Kier alpha value is -2.24. The lowest BCUT2D eigenvalue weighted by molar-refractivity contribution is 0.0137. The number of hydrogen-bond donors (Lipinski definition) is 1. The van der Waals surface area contributed by atoms with Gasteiger partial charge in [0.2, 0.25) is 0 Å². The van der Waals surface area contributed by atoms with Gasteiger partial charge in [0.05, 0.1) is 12.6 Å². The van der Waals surface area contributed by atoms with E-state index in [1.807, 2.05) is 25.7 Å². The van der Waals surface area contributed by atoms with Crippen LogP contribution in [0.15, 0.2) is 29.3 Å². The molecule has 1 amide bonds. The van der Waals surface area contributed by atoms with E-state index in [1.165, 1.54) is 17.5 Å². The Morgan fingerprint density at radius 3 is 2.89 bits per heavy atom. The zero-order valence-electron chi connectivity index (χ0n) is 16.3. The summed E-state index contributed by atoms with van der Waals surface area (Å²) < 4.78 is 5.53. The van der Waals surface area contributed by atoms with Crippen molar-refractivity contribution in [2.24, 2.45) is 10.9 Å². The zero-order chi connectivity index (χ0) is 18.8. The summed E-state index contributed by atoms with van der Waals surface area (Å²) in [6, 6.07) is 9.61. The molecule has 0 spiro atoms. The van der Waals surface area contributed by atoms with Crippen LogP contribution in [0.25, 0.3) is 0 Å². The standard InChI is InChI=1S/C21H28N4O2/c1-21(2,3)27-20(26)24-8-9-25-14(12-24)11-22-19(25)23-18-16-10-13-6-4-5-7-15(13)17(16)18/h4-7,14,16-18H,8-12H2,1-3H3,(H,22,23). The Morgan fingerprint density at radius 1 is 1.26 bits per heavy atom. The fourth-order valence-electron chi connectivity index (χ4n) is 4.89. The van der Waals surface area contributed by atoms with Gasteiger partial charge in [0, 0.05) is 31.6 Å². The van der Waals surface area contributed by atoms with Crippen LogP contribution in [0.3, 0.4) is 0 Å². The van der Waals surface area contributed by atoms with Crippen molar-refractivity contribution in [3.05, 3.63) is 35.4 Å². The van der Waals surface area contributed by atoms with Crippen LogP contribution in [0.2, 0.25) is 0 Å². The van der Waals surface area contributed by atoms with E-state index in [0.717, 1.165) is 19.0 Å². The summed E-state index contributed by atoms with van der Waals surface area (Å²) in [7, 11) is 0. The fourth-order valence-corrected chi connectivity index (χ4v) is 4.89. The summed E-state index contributed by atoms with van der Waals surface area (Å²) in [4.78, 5) is 21.3. The topological polar surface area (TPSA) is 57.2 Å². The van der Waals surface area contributed by atoms with E-state index in [0.29, 0.717) is 31.0 Å². The zero-order valence-corrected chi connectivity index (χ0v) is 16.3. The van der Waals surface area contributed by atoms with Crippen molar-refractivity contribution < 1.29 is 9.53 Å². The molecule has 1 saturated heterocycles. The highest BCUT2D eigenvalue weighted by Gasteiger charge is 2.56. The Kier molecular flexibility index (Phi) is 3.68. The number of nitrogens with one attached hydrogen (secondary N) is 1. The number of hydrogen-bond acceptors (Lipinski definition) is 5. The highest BCUT2D eigenvalue weighted by atomic mass is 16.6. The number of nitrogens with zero attached hydrogens (tertiary/aromatic N) is 3. The first kappa shape index (κ1) is 16.9. The lowest BCUT2D eigenvalue weighted by Crippen LogP contribution is -2.58. The molecule has 5 rings (SSSR count). The second-order valence-corrected chi connectivity index (χ2v) is 9.20. The van der Waals surface area contributed by atoms with Gasteiger partial charge in [-0.15, -0.1) is 0 Å². The molecule has 1 saturated carbocycles. The average Bonchev–Trinajstić information content (AvgIpc) is 2.97. The molecule has 6 nitrogen and oxygen atoms in total. The summed E-state index contributed by atoms with van der Waals surface area (Å²) in [6.45, 7) is 8.66. The largest absolute Gasteiger partial charge is 0.444 e. The number of aliphatic imine (C=N–C) groups is 1. The smallest absolute Gasteiger partial charge is 0.410 e. The molecule has 144 valence electrons. The Morgan fingerprint density at radius 2 is 2.07 bits per heavy atom. The molecule has 27 heavy (non-hydrogen) atoms. The molecule has 1 aromatic carbocycles. The molecule has 6 heteroatoms. The molecule has 4 unspecified atom stereocenters. The minimum absolute atomic E-state index is 0.211. The number of piperazine rings is 1. The van der Waals surface area contributed by atoms with Crippen LogP contribution in [0.1, 0.15) is 37.8 Å². The Balaban J connectivity index is 1.18. The van der Waals surface area contributed by atoms with Crippen molar-refractivity contribution >= 4 is 12.1 Å². The maximum atomic E-state index is 12.4. The molecule has 0 aromatic heterocycles. The molecular formula is C21H28N4O2. The van der Waals surface area contributed by atoms with Crippen molar-refractivity contribution in [2.75, 3.05) is 26.2 Å². The van der Waals surface area contributed by atoms with Crippen molar-refractivity contribution in [1.29, 1.82) is 0 Å². The molecule has 4 atom stereocenters. The summed E-state index contributed by atoms with van der Waals surface area (Å²) in [6.07, 6.45) is 0.971. The molecule has 2 aliphatic carbocycles. The minimum atomic E-state index is -0.451. The van der Waals surface area contributed by atoms with Gasteiger partial charge in [0.15, 0.2) is 5.96 Å². The predicted molar refractivity (Wildman–Crippen MR) is 104 cm³/mol. The minimum Gasteiger partial charge on any atom is -0.444 e. The third-order valence-corrected chi connectivity index (χ3v) is 6.19. The van der Waals surface area contributed by atoms with Crippen molar-refractivity contribution in [3.8, 4) is 0 Å². The molecule has 2 fully saturated rings. The van der Waals surface area contributed by atoms with Crippen LogP contribution >= 0.6 is 0 Å². The van der Waals surface area contributed by atoms with Crippen molar-refractivity contribution in [2.45, 2.75) is 50.8 Å². The van der Waals surface area contributed by atoms with Gasteiger partial charge in [0.1, 0.15) is 5.60 Å². The number of guanidine groups is 1. The van der Waals surface area contributed by atoms with Crippen LogP contribution in [0, 0.1) is 5.92 Å². The van der Waals surface area contributed by atoms with E-state index in [4.69, 9.17) is 9.73 Å². The van der Waals surface area contributed by atoms with Crippen LogP contribution in [-0.2, 0) is 11.2 Å². The SMILES string of the molecule is CC(C)(C)OC(=O)N1CCN2C(NC3C4Cc5ccccc5C43)=NCC2C1. The third kappa shape index (κ3) is 2.95. The Labute approximate surface area is 160 Å². The molecule has 2 aliphatic heterocycles. The van der Waals surface area contributed by atoms with Crippen LogP contribution in [0.5, 0.6) is 0 Å². The van der Waals surface area contributed by atoms with E-state index in [-0.39, 0.29) is 12.1 Å². The van der Waals surface area contributed by atoms with Crippen LogP contribution in [-0.4, -0.2) is 65.7 Å². The van der Waals surface area contributed by atoms with Crippen molar-refractivity contribution in [1.82, 2.24) is 15.1 Å². The van der Waals surface area contributed by atoms with E-state index < -0.39 is 5.60 Å². The molecular weight excluding hydrogens is 340 g/mol. The van der Waals surface area contributed by atoms with E-state index in [2.05, 4.69) is 34.5 Å². The summed E-state index contributed by atoms with van der Waals surface area (Å²) in [5.41, 5.74) is 2.58. The van der Waals surface area contributed by atoms with Gasteiger partial charge in [-0.2, -0.15) is 0 Å². The third-order valence-electron chi connectivity index (χ3n) is 6.19. The van der Waals surface area contributed by atoms with Crippen LogP contribution < -0.4 is 5.32 Å². The lowest BCUT2D eigenvalue weighted by atomic mass is 10.1. The van der Waals surface area contributed by atoms with Crippen LogP contribution in [0.4, 0.5) is 4.79 Å². The molecule has 4 aliphatic rings. The van der Waals surface area contributed by atoms with Gasteiger partial charge in [-0.25, -0.2) is 4.79 Å². The number of carbonyl (C=O) groups is 1. The second kappa shape index (κ2) is 5.88. The maximum absolute atomic E-state index is 12.4. The van der Waals surface area contributed by atoms with E-state index in [9.17, 15) is 4.79 Å². The lowest BCUT2D eigenvalue weighted by Gasteiger charge is -2.39. The quantitative estimate of drug-likeness (QED) is 0.826. The second-order valence-electron chi connectivity index (χ2n) is 9.20. The Bertz CT molecular complexity index is 800. The van der Waals surface area contributed by atoms with Gasteiger partial charge in [-0.1, -0.05) is 24.3 Å². The van der Waals surface area contributed by atoms with Gasteiger partial charge in [-0.3, -0.25) is 4.99 Å². The van der Waals surface area contributed by atoms with E-state index >= 15 is 0 Å². The summed E-state index contributed by atoms with van der Waals surface area (Å²) >= 11 is 0. The monoisotopic (exact) mass is 368 g/mol. The number of rotatable bonds is 1. The number of fused-ring (bicyclic) bond motifs is 4. The summed E-state index contributed by atoms with van der Waals surface area (Å²) in [5, 5.41) is 3.72. The highest BCUT2D eigenvalue weighted by Crippen LogP contribution is 2.56. The highest BCUT2D eigenvalue weighted by molar-refractivity contribution is 5.83. The molecule has 2 heterocycles. The first-order valence-corrected chi connectivity index (χ1v) is 10.0. The molecule has 0 radical (unpaired) electrons. The molecule has 1 aromatic rings. The van der Waals surface area contributed by atoms with Gasteiger partial charge < -0.3 is 19.9 Å². The van der Waals surface area contributed by atoms with E-state index in [1.54, 1.807) is 0 Å². The first-order chi connectivity index (χ1) is 12.9. The maximum Gasteiger partial charge on any atom is 0.410 e. The summed E-state index contributed by atoms with van der Waals surface area (Å²) in [5.74, 6) is 2.39. The number of benzene rings is 1. The number of amides is 1. The number of carbonyl (C=O) groups excluding carboxylic acids is 1. The fraction of sp³-hybridized carbons (Fsp3) is 0.619. The predicted octanol–water partition coefficient (Wildman–Crippen LogP) is 2.21. The first-order valence-electron chi connectivity index (χ1n) is 10.0. The normalized spacial score (nSPS) is 31.0. The van der Waals surface area contributed by atoms with Gasteiger partial charge >= 0.3 is 6.09 Å². The van der Waals surface area contributed by atoms with Gasteiger partial charge in [0.25, 0.3) is 0 Å². The average molecular weight is 368 g/mol. The van der Waals surface area contributed by atoms with Gasteiger partial charge in [-0.05, 0) is 44.2 Å².